The minimum atomic E-state index is -3.61. The van der Waals surface area contributed by atoms with E-state index in [9.17, 15) is 22.4 Å². The minimum Gasteiger partial charge on any atom is -0.484 e. The van der Waals surface area contributed by atoms with Gasteiger partial charge in [0.2, 0.25) is 10.0 Å². The van der Waals surface area contributed by atoms with Gasteiger partial charge in [-0.2, -0.15) is 0 Å². The highest BCUT2D eigenvalue weighted by Crippen LogP contribution is 2.24. The van der Waals surface area contributed by atoms with Crippen molar-refractivity contribution < 1.29 is 31.9 Å². The summed E-state index contributed by atoms with van der Waals surface area (Å²) in [5.74, 6) is -0.882. The van der Waals surface area contributed by atoms with Crippen molar-refractivity contribution in [1.82, 2.24) is 0 Å². The highest BCUT2D eigenvalue weighted by atomic mass is 32.2. The topological polar surface area (TPSA) is 102 Å². The number of benzene rings is 3. The molecule has 0 bridgehead atoms. The lowest BCUT2D eigenvalue weighted by Crippen LogP contribution is -2.29. The van der Waals surface area contributed by atoms with Crippen LogP contribution >= 0.6 is 0 Å². The molecular formula is C25H25FN2O6S. The lowest BCUT2D eigenvalue weighted by Gasteiger charge is -2.22. The lowest BCUT2D eigenvalue weighted by molar-refractivity contribution is -0.118. The summed E-state index contributed by atoms with van der Waals surface area (Å²) < 4.78 is 49.4. The van der Waals surface area contributed by atoms with Crippen LogP contribution in [0, 0.1) is 5.82 Å². The van der Waals surface area contributed by atoms with Crippen LogP contribution in [0.5, 0.6) is 5.75 Å². The van der Waals surface area contributed by atoms with Crippen LogP contribution in [0.4, 0.5) is 15.8 Å². The molecule has 0 spiro atoms. The monoisotopic (exact) mass is 500 g/mol. The van der Waals surface area contributed by atoms with E-state index in [-0.39, 0.29) is 19.8 Å². The normalized spacial score (nSPS) is 10.9. The first-order valence-electron chi connectivity index (χ1n) is 10.7. The van der Waals surface area contributed by atoms with Crippen LogP contribution in [0.15, 0.2) is 72.8 Å². The van der Waals surface area contributed by atoms with Crippen LogP contribution < -0.4 is 14.4 Å². The second kappa shape index (κ2) is 11.5. The van der Waals surface area contributed by atoms with Crippen LogP contribution in [0.1, 0.15) is 22.8 Å². The van der Waals surface area contributed by atoms with E-state index in [0.717, 1.165) is 6.26 Å². The fraction of sp³-hybridized carbons (Fsp3) is 0.200. The maximum atomic E-state index is 13.2. The van der Waals surface area contributed by atoms with Crippen molar-refractivity contribution in [3.8, 4) is 5.75 Å². The SMILES string of the molecule is CCOC(=O)c1ccc(NC(=O)COc2ccc(N(Cc3ccc(F)cc3)S(C)(=O)=O)cc2)cc1. The zero-order chi connectivity index (χ0) is 25.4. The summed E-state index contributed by atoms with van der Waals surface area (Å²) in [6.45, 7) is 1.76. The van der Waals surface area contributed by atoms with Crippen LogP contribution in [0.25, 0.3) is 0 Å². The molecule has 0 saturated heterocycles. The summed E-state index contributed by atoms with van der Waals surface area (Å²) in [4.78, 5) is 23.9. The van der Waals surface area contributed by atoms with Gasteiger partial charge in [-0.15, -0.1) is 0 Å². The number of ether oxygens (including phenoxy) is 2. The van der Waals surface area contributed by atoms with Crippen LogP contribution in [0.3, 0.4) is 0 Å². The number of nitrogens with zero attached hydrogens (tertiary/aromatic N) is 1. The fourth-order valence-corrected chi connectivity index (χ4v) is 4.00. The van der Waals surface area contributed by atoms with Gasteiger partial charge in [-0.25, -0.2) is 17.6 Å². The van der Waals surface area contributed by atoms with Gasteiger partial charge in [0.15, 0.2) is 6.61 Å². The molecule has 3 rings (SSSR count). The summed E-state index contributed by atoms with van der Waals surface area (Å²) in [5, 5.41) is 2.66. The van der Waals surface area contributed by atoms with Gasteiger partial charge in [0, 0.05) is 5.69 Å². The first-order valence-corrected chi connectivity index (χ1v) is 12.5. The fourth-order valence-electron chi connectivity index (χ4n) is 3.11. The molecule has 0 unspecified atom stereocenters. The van der Waals surface area contributed by atoms with Gasteiger partial charge in [-0.3, -0.25) is 9.10 Å². The van der Waals surface area contributed by atoms with Crippen LogP contribution in [0.2, 0.25) is 0 Å². The smallest absolute Gasteiger partial charge is 0.338 e. The van der Waals surface area contributed by atoms with Crippen LogP contribution in [-0.4, -0.2) is 39.8 Å². The van der Waals surface area contributed by atoms with Crippen molar-refractivity contribution in [3.05, 3.63) is 89.7 Å². The maximum absolute atomic E-state index is 13.2. The Labute approximate surface area is 203 Å². The molecule has 1 N–H and O–H groups in total. The van der Waals surface area contributed by atoms with E-state index in [4.69, 9.17) is 9.47 Å². The molecule has 35 heavy (non-hydrogen) atoms. The van der Waals surface area contributed by atoms with Gasteiger partial charge in [-0.05, 0) is 73.2 Å². The number of halogens is 1. The average Bonchev–Trinajstić information content (AvgIpc) is 2.83. The molecule has 8 nitrogen and oxygen atoms in total. The molecule has 0 atom stereocenters. The minimum absolute atomic E-state index is 0.0384. The van der Waals surface area contributed by atoms with E-state index in [2.05, 4.69) is 5.32 Å². The van der Waals surface area contributed by atoms with Crippen molar-refractivity contribution in [2.45, 2.75) is 13.5 Å². The number of nitrogens with one attached hydrogen (secondary N) is 1. The third-order valence-electron chi connectivity index (χ3n) is 4.81. The number of anilines is 2. The largest absolute Gasteiger partial charge is 0.484 e. The van der Waals surface area contributed by atoms with Crippen molar-refractivity contribution in [3.63, 3.8) is 0 Å². The van der Waals surface area contributed by atoms with Crippen molar-refractivity contribution in [2.75, 3.05) is 29.1 Å². The molecule has 0 aliphatic rings. The predicted octanol–water partition coefficient (Wildman–Crippen LogP) is 3.99. The first-order chi connectivity index (χ1) is 16.7. The van der Waals surface area contributed by atoms with E-state index in [1.165, 1.54) is 28.6 Å². The number of esters is 1. The van der Waals surface area contributed by atoms with E-state index < -0.39 is 27.7 Å². The number of hydrogen-bond donors (Lipinski definition) is 1. The molecule has 184 valence electrons. The van der Waals surface area contributed by atoms with E-state index in [1.54, 1.807) is 55.5 Å². The molecule has 0 radical (unpaired) electrons. The Morgan fingerprint density at radius 2 is 1.57 bits per heavy atom. The zero-order valence-electron chi connectivity index (χ0n) is 19.2. The zero-order valence-corrected chi connectivity index (χ0v) is 20.0. The van der Waals surface area contributed by atoms with Gasteiger partial charge in [0.1, 0.15) is 11.6 Å². The number of hydrogen-bond acceptors (Lipinski definition) is 6. The van der Waals surface area contributed by atoms with Crippen molar-refractivity contribution >= 4 is 33.3 Å². The first kappa shape index (κ1) is 25.7. The number of carbonyl (C=O) groups is 2. The quantitative estimate of drug-likeness (QED) is 0.423. The Morgan fingerprint density at radius 3 is 2.14 bits per heavy atom. The molecule has 0 aliphatic heterocycles. The molecule has 10 heteroatoms. The number of carbonyl (C=O) groups excluding carboxylic acids is 2. The second-order valence-corrected chi connectivity index (χ2v) is 9.43. The average molecular weight is 501 g/mol. The van der Waals surface area contributed by atoms with E-state index >= 15 is 0 Å². The number of amides is 1. The lowest BCUT2D eigenvalue weighted by atomic mass is 10.2. The van der Waals surface area contributed by atoms with Crippen molar-refractivity contribution in [2.24, 2.45) is 0 Å². The predicted molar refractivity (Wildman–Crippen MR) is 130 cm³/mol. The molecule has 0 heterocycles. The summed E-state index contributed by atoms with van der Waals surface area (Å²) in [5.41, 5.74) is 1.90. The second-order valence-electron chi connectivity index (χ2n) is 7.52. The molecule has 3 aromatic carbocycles. The Hall–Kier alpha value is -3.92. The molecule has 0 aliphatic carbocycles. The number of sulfonamides is 1. The van der Waals surface area contributed by atoms with Crippen molar-refractivity contribution in [1.29, 1.82) is 0 Å². The molecular weight excluding hydrogens is 475 g/mol. The summed E-state index contributed by atoms with van der Waals surface area (Å²) in [6, 6.07) is 18.1. The van der Waals surface area contributed by atoms with E-state index in [1.807, 2.05) is 0 Å². The standard InChI is InChI=1S/C25H25FN2O6S/c1-3-33-25(30)19-6-10-21(11-7-19)27-24(29)17-34-23-14-12-22(13-15-23)28(35(2,31)32)16-18-4-8-20(26)9-5-18/h4-15H,3,16-17H2,1-2H3,(H,27,29). The Morgan fingerprint density at radius 1 is 0.943 bits per heavy atom. The molecule has 0 aromatic heterocycles. The maximum Gasteiger partial charge on any atom is 0.338 e. The van der Waals surface area contributed by atoms with Gasteiger partial charge in [-0.1, -0.05) is 12.1 Å². The Kier molecular flexibility index (Phi) is 8.43. The molecule has 3 aromatic rings. The van der Waals surface area contributed by atoms with Gasteiger partial charge in [0.25, 0.3) is 5.91 Å². The van der Waals surface area contributed by atoms with Gasteiger partial charge < -0.3 is 14.8 Å². The molecule has 1 amide bonds. The highest BCUT2D eigenvalue weighted by molar-refractivity contribution is 7.92. The van der Waals surface area contributed by atoms with E-state index in [0.29, 0.717) is 28.3 Å². The van der Waals surface area contributed by atoms with Crippen LogP contribution in [-0.2, 0) is 26.1 Å². The summed E-state index contributed by atoms with van der Waals surface area (Å²) in [7, 11) is -3.61. The highest BCUT2D eigenvalue weighted by Gasteiger charge is 2.18. The molecule has 0 saturated carbocycles. The third kappa shape index (κ3) is 7.54. The number of rotatable bonds is 10. The summed E-state index contributed by atoms with van der Waals surface area (Å²) >= 11 is 0. The van der Waals surface area contributed by atoms with Gasteiger partial charge in [0.05, 0.1) is 30.7 Å². The third-order valence-corrected chi connectivity index (χ3v) is 5.95. The Balaban J connectivity index is 1.58. The molecule has 0 fully saturated rings. The summed E-state index contributed by atoms with van der Waals surface area (Å²) in [6.07, 6.45) is 1.09. The van der Waals surface area contributed by atoms with Gasteiger partial charge >= 0.3 is 5.97 Å². The Bertz CT molecular complexity index is 1260.